The van der Waals surface area contributed by atoms with Crippen molar-refractivity contribution in [2.24, 2.45) is 5.73 Å². The summed E-state index contributed by atoms with van der Waals surface area (Å²) in [4.78, 5) is 11.2. The van der Waals surface area contributed by atoms with Crippen LogP contribution in [-0.2, 0) is 10.3 Å². The first-order valence-corrected chi connectivity index (χ1v) is 4.93. The molecular weight excluding hydrogens is 195 g/mol. The van der Waals surface area contributed by atoms with Crippen LogP contribution in [0.4, 0.5) is 4.39 Å². The summed E-state index contributed by atoms with van der Waals surface area (Å²) in [7, 11) is 0. The van der Waals surface area contributed by atoms with E-state index in [2.05, 4.69) is 5.32 Å². The molecule has 0 aromatic heterocycles. The van der Waals surface area contributed by atoms with Crippen molar-refractivity contribution in [1.29, 1.82) is 0 Å². The third-order valence-electron chi connectivity index (χ3n) is 2.69. The summed E-state index contributed by atoms with van der Waals surface area (Å²) >= 11 is 0. The zero-order chi connectivity index (χ0) is 10.9. The van der Waals surface area contributed by atoms with Gasteiger partial charge in [-0.3, -0.25) is 4.79 Å². The fourth-order valence-corrected chi connectivity index (χ4v) is 1.71. The first-order chi connectivity index (χ1) is 7.16. The Morgan fingerprint density at radius 1 is 1.53 bits per heavy atom. The molecule has 1 aromatic carbocycles. The highest BCUT2D eigenvalue weighted by atomic mass is 19.1. The lowest BCUT2D eigenvalue weighted by atomic mass is 10.0. The van der Waals surface area contributed by atoms with Crippen LogP contribution in [0.5, 0.6) is 0 Å². The highest BCUT2D eigenvalue weighted by Crippen LogP contribution is 2.45. The number of hydrogen-bond donors (Lipinski definition) is 2. The molecular formula is C11H13FN2O. The summed E-state index contributed by atoms with van der Waals surface area (Å²) in [6, 6.07) is 6.33. The predicted octanol–water partition coefficient (Wildman–Crippen LogP) is 0.890. The van der Waals surface area contributed by atoms with E-state index in [0.29, 0.717) is 0 Å². The lowest BCUT2D eigenvalue weighted by Gasteiger charge is -2.17. The molecule has 1 amide bonds. The van der Waals surface area contributed by atoms with Gasteiger partial charge in [-0.15, -0.1) is 0 Å². The van der Waals surface area contributed by atoms with Crippen LogP contribution in [0.1, 0.15) is 18.4 Å². The van der Waals surface area contributed by atoms with Gasteiger partial charge in [-0.25, -0.2) is 4.39 Å². The molecule has 0 unspecified atom stereocenters. The van der Waals surface area contributed by atoms with Crippen molar-refractivity contribution in [1.82, 2.24) is 5.32 Å². The van der Waals surface area contributed by atoms with Crippen LogP contribution < -0.4 is 11.1 Å². The average molecular weight is 208 g/mol. The van der Waals surface area contributed by atoms with Crippen molar-refractivity contribution < 1.29 is 9.18 Å². The first kappa shape index (κ1) is 10.1. The van der Waals surface area contributed by atoms with E-state index < -0.39 is 0 Å². The maximum absolute atomic E-state index is 13.0. The van der Waals surface area contributed by atoms with E-state index in [1.807, 2.05) is 6.07 Å². The van der Waals surface area contributed by atoms with Gasteiger partial charge in [-0.2, -0.15) is 0 Å². The van der Waals surface area contributed by atoms with Crippen molar-refractivity contribution in [3.8, 4) is 0 Å². The molecule has 15 heavy (non-hydrogen) atoms. The zero-order valence-electron chi connectivity index (χ0n) is 8.29. The van der Waals surface area contributed by atoms with Gasteiger partial charge < -0.3 is 11.1 Å². The monoisotopic (exact) mass is 208 g/mol. The molecule has 0 aliphatic heterocycles. The van der Waals surface area contributed by atoms with E-state index in [0.717, 1.165) is 18.4 Å². The number of benzene rings is 1. The zero-order valence-corrected chi connectivity index (χ0v) is 8.29. The van der Waals surface area contributed by atoms with Gasteiger partial charge >= 0.3 is 0 Å². The summed E-state index contributed by atoms with van der Waals surface area (Å²) in [5, 5.41) is 2.83. The molecule has 1 aliphatic rings. The van der Waals surface area contributed by atoms with E-state index >= 15 is 0 Å². The molecule has 2 rings (SSSR count). The second-order valence-electron chi connectivity index (χ2n) is 3.84. The Balaban J connectivity index is 2.19. The van der Waals surface area contributed by atoms with Gasteiger partial charge in [0.2, 0.25) is 5.91 Å². The largest absolute Gasteiger partial charge is 0.345 e. The van der Waals surface area contributed by atoms with E-state index in [1.54, 1.807) is 6.07 Å². The number of rotatable bonds is 3. The van der Waals surface area contributed by atoms with Gasteiger partial charge in [0.05, 0.1) is 12.1 Å². The second-order valence-corrected chi connectivity index (χ2v) is 3.84. The number of halogens is 1. The fourth-order valence-electron chi connectivity index (χ4n) is 1.71. The van der Waals surface area contributed by atoms with Crippen molar-refractivity contribution in [2.75, 3.05) is 6.54 Å². The number of nitrogens with two attached hydrogens (primary N) is 1. The molecule has 1 fully saturated rings. The molecule has 4 heteroatoms. The Hall–Kier alpha value is -1.42. The molecule has 0 atom stereocenters. The maximum atomic E-state index is 13.0. The lowest BCUT2D eigenvalue weighted by molar-refractivity contribution is -0.120. The molecule has 1 saturated carbocycles. The molecule has 0 saturated heterocycles. The van der Waals surface area contributed by atoms with Crippen LogP contribution in [0.15, 0.2) is 24.3 Å². The molecule has 0 radical (unpaired) electrons. The summed E-state index contributed by atoms with van der Waals surface area (Å²) in [6.45, 7) is -0.0307. The molecule has 0 bridgehead atoms. The number of carbonyl (C=O) groups is 1. The van der Waals surface area contributed by atoms with Crippen molar-refractivity contribution in [3.63, 3.8) is 0 Å². The van der Waals surface area contributed by atoms with Gasteiger partial charge in [0.25, 0.3) is 0 Å². The first-order valence-electron chi connectivity index (χ1n) is 4.93. The van der Waals surface area contributed by atoms with Crippen LogP contribution in [0.2, 0.25) is 0 Å². The van der Waals surface area contributed by atoms with Crippen LogP contribution >= 0.6 is 0 Å². The summed E-state index contributed by atoms with van der Waals surface area (Å²) in [6.07, 6.45) is 1.70. The molecule has 0 heterocycles. The number of amides is 1. The standard InChI is InChI=1S/C11H13FN2O/c12-9-3-1-2-8(6-9)11(4-5-11)14-10(15)7-13/h1-3,6H,4-5,7,13H2,(H,14,15). The van der Waals surface area contributed by atoms with Gasteiger partial charge in [-0.1, -0.05) is 12.1 Å². The summed E-state index contributed by atoms with van der Waals surface area (Å²) in [5.74, 6) is -0.475. The maximum Gasteiger partial charge on any atom is 0.234 e. The molecule has 80 valence electrons. The molecule has 1 aromatic rings. The Labute approximate surface area is 87.5 Å². The molecule has 1 aliphatic carbocycles. The Morgan fingerprint density at radius 3 is 2.80 bits per heavy atom. The van der Waals surface area contributed by atoms with Crippen LogP contribution in [0.25, 0.3) is 0 Å². The lowest BCUT2D eigenvalue weighted by Crippen LogP contribution is -2.38. The summed E-state index contributed by atoms with van der Waals surface area (Å²) in [5.41, 5.74) is 5.69. The summed E-state index contributed by atoms with van der Waals surface area (Å²) < 4.78 is 13.0. The minimum atomic E-state index is -0.363. The quantitative estimate of drug-likeness (QED) is 0.775. The molecule has 3 N–H and O–H groups in total. The van der Waals surface area contributed by atoms with E-state index in [9.17, 15) is 9.18 Å². The van der Waals surface area contributed by atoms with Crippen LogP contribution in [-0.4, -0.2) is 12.5 Å². The van der Waals surface area contributed by atoms with Crippen molar-refractivity contribution in [3.05, 3.63) is 35.6 Å². The highest BCUT2D eigenvalue weighted by Gasteiger charge is 2.45. The van der Waals surface area contributed by atoms with Gasteiger partial charge in [0.15, 0.2) is 0 Å². The third kappa shape index (κ3) is 1.99. The van der Waals surface area contributed by atoms with Crippen LogP contribution in [0.3, 0.4) is 0 Å². The Kier molecular flexibility index (Phi) is 2.44. The van der Waals surface area contributed by atoms with E-state index in [4.69, 9.17) is 5.73 Å². The SMILES string of the molecule is NCC(=O)NC1(c2cccc(F)c2)CC1. The minimum Gasteiger partial charge on any atom is -0.345 e. The molecule has 0 spiro atoms. The van der Waals surface area contributed by atoms with E-state index in [-0.39, 0.29) is 23.8 Å². The normalized spacial score (nSPS) is 17.2. The highest BCUT2D eigenvalue weighted by molar-refractivity contribution is 5.79. The Morgan fingerprint density at radius 2 is 2.27 bits per heavy atom. The average Bonchev–Trinajstić information content (AvgIpc) is 2.99. The van der Waals surface area contributed by atoms with Gasteiger partial charge in [0, 0.05) is 0 Å². The van der Waals surface area contributed by atoms with Crippen molar-refractivity contribution in [2.45, 2.75) is 18.4 Å². The van der Waals surface area contributed by atoms with Crippen molar-refractivity contribution >= 4 is 5.91 Å². The second kappa shape index (κ2) is 3.62. The third-order valence-corrected chi connectivity index (χ3v) is 2.69. The van der Waals surface area contributed by atoms with E-state index in [1.165, 1.54) is 12.1 Å². The minimum absolute atomic E-state index is 0.0307. The topological polar surface area (TPSA) is 55.1 Å². The smallest absolute Gasteiger partial charge is 0.234 e. The Bertz CT molecular complexity index is 388. The number of nitrogens with one attached hydrogen (secondary N) is 1. The van der Waals surface area contributed by atoms with Crippen LogP contribution in [0, 0.1) is 5.82 Å². The fraction of sp³-hybridized carbons (Fsp3) is 0.364. The molecule has 3 nitrogen and oxygen atoms in total. The number of carbonyl (C=O) groups excluding carboxylic acids is 1. The van der Waals surface area contributed by atoms with Gasteiger partial charge in [-0.05, 0) is 30.5 Å². The predicted molar refractivity (Wildman–Crippen MR) is 54.5 cm³/mol. The van der Waals surface area contributed by atoms with Gasteiger partial charge in [0.1, 0.15) is 5.82 Å². The number of hydrogen-bond acceptors (Lipinski definition) is 2.